The van der Waals surface area contributed by atoms with Crippen LogP contribution in [0, 0.1) is 5.92 Å². The van der Waals surface area contributed by atoms with Gasteiger partial charge in [-0.15, -0.1) is 11.3 Å². The number of nitrogens with one attached hydrogen (secondary N) is 1. The minimum absolute atomic E-state index is 0.0706. The second-order valence-electron chi connectivity index (χ2n) is 6.46. The Kier molecular flexibility index (Phi) is 5.38. The average Bonchev–Trinajstić information content (AvgIpc) is 3.42. The summed E-state index contributed by atoms with van der Waals surface area (Å²) < 4.78 is 1.61. The summed E-state index contributed by atoms with van der Waals surface area (Å²) in [5.41, 5.74) is 0. The third kappa shape index (κ3) is 4.30. The Morgan fingerprint density at radius 1 is 1.22 bits per heavy atom. The Bertz CT molecular complexity index is 858. The van der Waals surface area contributed by atoms with Gasteiger partial charge in [0.05, 0.1) is 0 Å². The number of anilines is 1. The monoisotopic (exact) mass is 383 g/mol. The number of carbonyl (C=O) groups excluding carboxylic acids is 1. The van der Waals surface area contributed by atoms with E-state index >= 15 is 0 Å². The molecule has 140 valence electrons. The van der Waals surface area contributed by atoms with Crippen molar-refractivity contribution in [2.75, 3.05) is 24.5 Å². The molecule has 3 aromatic heterocycles. The highest BCUT2D eigenvalue weighted by Crippen LogP contribution is 2.22. The largest absolute Gasteiger partial charge is 0.356 e. The summed E-state index contributed by atoms with van der Waals surface area (Å²) >= 11 is 1.73. The normalized spacial score (nSPS) is 15.0. The van der Waals surface area contributed by atoms with Crippen LogP contribution in [0.25, 0.3) is 5.82 Å². The van der Waals surface area contributed by atoms with E-state index in [2.05, 4.69) is 41.7 Å². The van der Waals surface area contributed by atoms with Gasteiger partial charge in [0.1, 0.15) is 24.8 Å². The molecule has 1 aliphatic heterocycles. The van der Waals surface area contributed by atoms with E-state index in [9.17, 15) is 4.79 Å². The summed E-state index contributed by atoms with van der Waals surface area (Å²) in [5.74, 6) is 1.77. The van der Waals surface area contributed by atoms with Gasteiger partial charge in [-0.05, 0) is 30.7 Å². The first-order valence-electron chi connectivity index (χ1n) is 9.01. The molecule has 9 heteroatoms. The van der Waals surface area contributed by atoms with Crippen molar-refractivity contribution in [3.63, 3.8) is 0 Å². The maximum Gasteiger partial charge on any atom is 0.223 e. The van der Waals surface area contributed by atoms with E-state index < -0.39 is 0 Å². The van der Waals surface area contributed by atoms with Gasteiger partial charge >= 0.3 is 0 Å². The number of aromatic nitrogens is 5. The average molecular weight is 383 g/mol. The first kappa shape index (κ1) is 17.6. The maximum absolute atomic E-state index is 12.4. The minimum Gasteiger partial charge on any atom is -0.356 e. The number of nitrogens with zero attached hydrogens (tertiary/aromatic N) is 6. The van der Waals surface area contributed by atoms with E-state index in [0.29, 0.717) is 12.4 Å². The highest BCUT2D eigenvalue weighted by Gasteiger charge is 2.25. The number of amides is 1. The molecule has 4 heterocycles. The molecule has 0 bridgehead atoms. The fourth-order valence-corrected chi connectivity index (χ4v) is 3.95. The van der Waals surface area contributed by atoms with E-state index in [0.717, 1.165) is 38.2 Å². The maximum atomic E-state index is 12.4. The van der Waals surface area contributed by atoms with Crippen LogP contribution in [-0.2, 0) is 11.2 Å². The number of carbonyl (C=O) groups is 1. The Labute approximate surface area is 161 Å². The number of hydrogen-bond donors (Lipinski definition) is 1. The van der Waals surface area contributed by atoms with Crippen molar-refractivity contribution in [2.45, 2.75) is 19.3 Å². The molecule has 0 aromatic carbocycles. The van der Waals surface area contributed by atoms with Gasteiger partial charge in [0.15, 0.2) is 5.82 Å². The SMILES string of the molecule is O=C(NCCc1cccs1)C1CCN(c2cc(-n3cncn3)ncn2)CC1. The van der Waals surface area contributed by atoms with Crippen molar-refractivity contribution in [3.05, 3.63) is 47.4 Å². The zero-order valence-electron chi connectivity index (χ0n) is 14.9. The summed E-state index contributed by atoms with van der Waals surface area (Å²) in [6, 6.07) is 6.04. The van der Waals surface area contributed by atoms with Crippen molar-refractivity contribution in [3.8, 4) is 5.82 Å². The van der Waals surface area contributed by atoms with Gasteiger partial charge in [-0.1, -0.05) is 6.07 Å². The molecule has 8 nitrogen and oxygen atoms in total. The lowest BCUT2D eigenvalue weighted by atomic mass is 9.96. The van der Waals surface area contributed by atoms with Crippen LogP contribution in [-0.4, -0.2) is 50.3 Å². The predicted octanol–water partition coefficient (Wildman–Crippen LogP) is 1.69. The smallest absolute Gasteiger partial charge is 0.223 e. The molecule has 1 N–H and O–H groups in total. The predicted molar refractivity (Wildman–Crippen MR) is 103 cm³/mol. The van der Waals surface area contributed by atoms with Gasteiger partial charge in [-0.25, -0.2) is 19.6 Å². The summed E-state index contributed by atoms with van der Waals surface area (Å²) in [5, 5.41) is 9.24. The van der Waals surface area contributed by atoms with E-state index in [-0.39, 0.29) is 11.8 Å². The van der Waals surface area contributed by atoms with Gasteiger partial charge in [-0.3, -0.25) is 4.79 Å². The second kappa shape index (κ2) is 8.26. The lowest BCUT2D eigenvalue weighted by Gasteiger charge is -2.32. The molecule has 0 radical (unpaired) electrons. The van der Waals surface area contributed by atoms with Gasteiger partial charge < -0.3 is 10.2 Å². The van der Waals surface area contributed by atoms with Crippen molar-refractivity contribution in [2.24, 2.45) is 5.92 Å². The molecular weight excluding hydrogens is 362 g/mol. The summed E-state index contributed by atoms with van der Waals surface area (Å²) in [4.78, 5) is 28.5. The molecule has 1 fully saturated rings. The van der Waals surface area contributed by atoms with Crippen LogP contribution in [0.3, 0.4) is 0 Å². The molecule has 0 atom stereocenters. The van der Waals surface area contributed by atoms with Gasteiger partial charge in [0.2, 0.25) is 5.91 Å². The van der Waals surface area contributed by atoms with E-state index in [1.807, 2.05) is 12.1 Å². The number of thiophene rings is 1. The third-order valence-corrected chi connectivity index (χ3v) is 5.67. The highest BCUT2D eigenvalue weighted by atomic mass is 32.1. The fourth-order valence-electron chi connectivity index (χ4n) is 3.24. The highest BCUT2D eigenvalue weighted by molar-refractivity contribution is 7.09. The third-order valence-electron chi connectivity index (χ3n) is 4.73. The lowest BCUT2D eigenvalue weighted by Crippen LogP contribution is -2.41. The fraction of sp³-hybridized carbons (Fsp3) is 0.389. The molecule has 1 aliphatic rings. The molecule has 0 unspecified atom stereocenters. The minimum atomic E-state index is 0.0706. The van der Waals surface area contributed by atoms with E-state index in [4.69, 9.17) is 0 Å². The van der Waals surface area contributed by atoms with Crippen LogP contribution in [0.2, 0.25) is 0 Å². The molecule has 1 saturated heterocycles. The zero-order chi connectivity index (χ0) is 18.5. The first-order chi connectivity index (χ1) is 13.3. The molecule has 0 saturated carbocycles. The van der Waals surface area contributed by atoms with E-state index in [1.165, 1.54) is 17.5 Å². The Morgan fingerprint density at radius 3 is 2.81 bits per heavy atom. The molecule has 1 amide bonds. The number of hydrogen-bond acceptors (Lipinski definition) is 7. The molecular formula is C18H21N7OS. The standard InChI is InChI=1S/C18H21N7OS/c26-18(20-6-3-15-2-1-9-27-15)14-4-7-24(8-5-14)16-10-17(22-12-21-16)25-13-19-11-23-25/h1-2,9-14H,3-8H2,(H,20,26). The molecule has 0 aliphatic carbocycles. The van der Waals surface area contributed by atoms with Crippen LogP contribution in [0.5, 0.6) is 0 Å². The van der Waals surface area contributed by atoms with Crippen molar-refractivity contribution in [1.29, 1.82) is 0 Å². The molecule has 27 heavy (non-hydrogen) atoms. The Morgan fingerprint density at radius 2 is 2.07 bits per heavy atom. The Hall–Kier alpha value is -2.81. The van der Waals surface area contributed by atoms with E-state index in [1.54, 1.807) is 22.3 Å². The van der Waals surface area contributed by atoms with Crippen LogP contribution in [0.1, 0.15) is 17.7 Å². The number of piperidine rings is 1. The van der Waals surface area contributed by atoms with Gasteiger partial charge in [-0.2, -0.15) is 5.10 Å². The molecule has 0 spiro atoms. The van der Waals surface area contributed by atoms with Crippen LogP contribution in [0.15, 0.2) is 42.6 Å². The summed E-state index contributed by atoms with van der Waals surface area (Å²) in [7, 11) is 0. The number of rotatable bonds is 6. The zero-order valence-corrected chi connectivity index (χ0v) is 15.7. The Balaban J connectivity index is 1.28. The van der Waals surface area contributed by atoms with Gasteiger partial charge in [0, 0.05) is 36.5 Å². The summed E-state index contributed by atoms with van der Waals surface area (Å²) in [6.07, 6.45) is 7.17. The van der Waals surface area contributed by atoms with Crippen LogP contribution in [0.4, 0.5) is 5.82 Å². The second-order valence-corrected chi connectivity index (χ2v) is 7.49. The molecule has 4 rings (SSSR count). The first-order valence-corrected chi connectivity index (χ1v) is 9.89. The molecule has 3 aromatic rings. The quantitative estimate of drug-likeness (QED) is 0.697. The van der Waals surface area contributed by atoms with Crippen molar-refractivity contribution < 1.29 is 4.79 Å². The summed E-state index contributed by atoms with van der Waals surface area (Å²) in [6.45, 7) is 2.31. The van der Waals surface area contributed by atoms with Crippen LogP contribution < -0.4 is 10.2 Å². The van der Waals surface area contributed by atoms with Crippen molar-refractivity contribution >= 4 is 23.1 Å². The lowest BCUT2D eigenvalue weighted by molar-refractivity contribution is -0.125. The van der Waals surface area contributed by atoms with Gasteiger partial charge in [0.25, 0.3) is 0 Å². The van der Waals surface area contributed by atoms with Crippen LogP contribution >= 0.6 is 11.3 Å². The topological polar surface area (TPSA) is 88.8 Å². The van der Waals surface area contributed by atoms with Crippen molar-refractivity contribution in [1.82, 2.24) is 30.0 Å².